The van der Waals surface area contributed by atoms with Gasteiger partial charge in [0.05, 0.1) is 26.9 Å². The molecule has 0 aromatic heterocycles. The molecule has 7 heteroatoms. The molecule has 0 bridgehead atoms. The van der Waals surface area contributed by atoms with E-state index < -0.39 is 0 Å². The molecule has 2 aromatic rings. The van der Waals surface area contributed by atoms with Crippen molar-refractivity contribution in [2.45, 2.75) is 18.9 Å². The minimum absolute atomic E-state index is 0.0821. The van der Waals surface area contributed by atoms with Crippen molar-refractivity contribution in [2.24, 2.45) is 0 Å². The highest BCUT2D eigenvalue weighted by atomic mass is 16.7. The molecule has 0 amide bonds. The Morgan fingerprint density at radius 3 is 2.38 bits per heavy atom. The molecule has 2 heterocycles. The quantitative estimate of drug-likeness (QED) is 0.728. The minimum Gasteiger partial charge on any atom is -0.496 e. The molecule has 0 spiro atoms. The number of hydrogen-bond acceptors (Lipinski definition) is 7. The molecule has 2 aliphatic heterocycles. The number of methoxy groups -OCH3 is 3. The molecule has 1 atom stereocenters. The number of cyclic esters (lactones) is 1. The first kappa shape index (κ1) is 17.7. The van der Waals surface area contributed by atoms with Gasteiger partial charge in [-0.3, -0.25) is 0 Å². The van der Waals surface area contributed by atoms with E-state index in [1.54, 1.807) is 21.3 Å². The van der Waals surface area contributed by atoms with Crippen LogP contribution >= 0.6 is 0 Å². The van der Waals surface area contributed by atoms with Crippen LogP contribution in [0.15, 0.2) is 35.8 Å². The van der Waals surface area contributed by atoms with Gasteiger partial charge in [-0.25, -0.2) is 4.79 Å². The summed E-state index contributed by atoms with van der Waals surface area (Å²) in [6.07, 6.45) is 4.68. The number of carbonyl (C=O) groups excluding carboxylic acids is 1. The van der Waals surface area contributed by atoms with Gasteiger partial charge in [-0.05, 0) is 41.7 Å². The average molecular weight is 396 g/mol. The molecule has 0 saturated carbocycles. The maximum atomic E-state index is 12.7. The largest absolute Gasteiger partial charge is 0.496 e. The Hall–Kier alpha value is -3.35. The molecular formula is C22H20O7. The van der Waals surface area contributed by atoms with E-state index in [1.165, 1.54) is 0 Å². The fourth-order valence-corrected chi connectivity index (χ4v) is 4.34. The van der Waals surface area contributed by atoms with Crippen molar-refractivity contribution >= 4 is 16.7 Å². The standard InChI is InChI=1S/C22H20O7/c1-24-16-7-12-13(8-17(16)25-2)21(26-3)14-9-27-22(23)20(14)19(12)11-4-5-15-18(6-11)29-10-28-15/h5-8,11H,4,9-10H2,1-3H3. The molecule has 3 aliphatic rings. The van der Waals surface area contributed by atoms with Crippen LogP contribution in [-0.4, -0.2) is 34.1 Å². The highest BCUT2D eigenvalue weighted by Gasteiger charge is 2.36. The van der Waals surface area contributed by atoms with Crippen molar-refractivity contribution in [1.29, 1.82) is 0 Å². The highest BCUT2D eigenvalue weighted by Crippen LogP contribution is 2.48. The summed E-state index contributed by atoms with van der Waals surface area (Å²) in [6, 6.07) is 3.77. The minimum atomic E-state index is -0.346. The third-order valence-corrected chi connectivity index (χ3v) is 5.61. The van der Waals surface area contributed by atoms with E-state index in [0.29, 0.717) is 35.0 Å². The molecule has 0 radical (unpaired) electrons. The van der Waals surface area contributed by atoms with Gasteiger partial charge in [0.15, 0.2) is 23.0 Å². The predicted molar refractivity (Wildman–Crippen MR) is 103 cm³/mol. The fraction of sp³-hybridized carbons (Fsp3) is 0.318. The van der Waals surface area contributed by atoms with Gasteiger partial charge >= 0.3 is 5.97 Å². The second kappa shape index (κ2) is 6.62. The Morgan fingerprint density at radius 1 is 0.931 bits per heavy atom. The number of hydrogen-bond donors (Lipinski definition) is 0. The molecule has 1 saturated heterocycles. The number of allylic oxidation sites excluding steroid dienone is 2. The Balaban J connectivity index is 1.83. The molecule has 7 nitrogen and oxygen atoms in total. The van der Waals surface area contributed by atoms with Crippen molar-refractivity contribution in [3.8, 4) is 17.2 Å². The van der Waals surface area contributed by atoms with Gasteiger partial charge in [0.25, 0.3) is 0 Å². The molecule has 1 unspecified atom stereocenters. The highest BCUT2D eigenvalue weighted by molar-refractivity contribution is 6.06. The van der Waals surface area contributed by atoms with Gasteiger partial charge in [-0.2, -0.15) is 0 Å². The molecule has 29 heavy (non-hydrogen) atoms. The first-order chi connectivity index (χ1) is 14.2. The maximum Gasteiger partial charge on any atom is 0.339 e. The number of esters is 1. The summed E-state index contributed by atoms with van der Waals surface area (Å²) in [4.78, 5) is 12.7. The Bertz CT molecular complexity index is 1100. The summed E-state index contributed by atoms with van der Waals surface area (Å²) in [7, 11) is 4.77. The van der Waals surface area contributed by atoms with Crippen molar-refractivity contribution in [3.05, 3.63) is 52.5 Å². The van der Waals surface area contributed by atoms with Crippen LogP contribution in [0.4, 0.5) is 0 Å². The van der Waals surface area contributed by atoms with Gasteiger partial charge in [0.1, 0.15) is 12.4 Å². The summed E-state index contributed by atoms with van der Waals surface area (Å²) < 4.78 is 33.2. The van der Waals surface area contributed by atoms with Crippen molar-refractivity contribution < 1.29 is 33.2 Å². The number of fused-ring (bicyclic) bond motifs is 3. The summed E-state index contributed by atoms with van der Waals surface area (Å²) in [5, 5.41) is 1.70. The SMILES string of the molecule is COc1cc2c(OC)c3c(c(C4C=C5OCOC5=CC4)c2cc1OC)C(=O)OC3. The van der Waals surface area contributed by atoms with Crippen LogP contribution in [0.5, 0.6) is 17.2 Å². The Kier molecular flexibility index (Phi) is 4.04. The zero-order valence-corrected chi connectivity index (χ0v) is 16.4. The predicted octanol–water partition coefficient (Wildman–Crippen LogP) is 3.80. The van der Waals surface area contributed by atoms with Crippen LogP contribution in [0.1, 0.15) is 33.8 Å². The van der Waals surface area contributed by atoms with Crippen molar-refractivity contribution in [1.82, 2.24) is 0 Å². The second-order valence-electron chi connectivity index (χ2n) is 6.98. The van der Waals surface area contributed by atoms with Crippen molar-refractivity contribution in [2.75, 3.05) is 28.1 Å². The smallest absolute Gasteiger partial charge is 0.339 e. The number of rotatable bonds is 4. The summed E-state index contributed by atoms with van der Waals surface area (Å²) in [5.41, 5.74) is 2.18. The molecule has 150 valence electrons. The van der Waals surface area contributed by atoms with E-state index in [-0.39, 0.29) is 25.3 Å². The molecular weight excluding hydrogens is 376 g/mol. The molecule has 5 rings (SSSR count). The first-order valence-electron chi connectivity index (χ1n) is 9.29. The van der Waals surface area contributed by atoms with Gasteiger partial charge in [0.2, 0.25) is 6.79 Å². The lowest BCUT2D eigenvalue weighted by Crippen LogP contribution is -2.10. The first-order valence-corrected chi connectivity index (χ1v) is 9.29. The average Bonchev–Trinajstić information content (AvgIpc) is 3.37. The van der Waals surface area contributed by atoms with E-state index in [1.807, 2.05) is 24.3 Å². The lowest BCUT2D eigenvalue weighted by atomic mass is 9.82. The number of benzene rings is 2. The van der Waals surface area contributed by atoms with E-state index >= 15 is 0 Å². The monoisotopic (exact) mass is 396 g/mol. The Labute approximate surface area is 167 Å². The second-order valence-corrected chi connectivity index (χ2v) is 6.98. The van der Waals surface area contributed by atoms with Gasteiger partial charge in [-0.15, -0.1) is 0 Å². The third kappa shape index (κ3) is 2.53. The summed E-state index contributed by atoms with van der Waals surface area (Å²) >= 11 is 0. The van der Waals surface area contributed by atoms with Gasteiger partial charge in [-0.1, -0.05) is 0 Å². The third-order valence-electron chi connectivity index (χ3n) is 5.61. The lowest BCUT2D eigenvalue weighted by Gasteiger charge is -2.23. The maximum absolute atomic E-state index is 12.7. The zero-order chi connectivity index (χ0) is 20.1. The van der Waals surface area contributed by atoms with E-state index in [4.69, 9.17) is 28.4 Å². The van der Waals surface area contributed by atoms with E-state index in [0.717, 1.165) is 27.7 Å². The lowest BCUT2D eigenvalue weighted by molar-refractivity contribution is 0.0533. The van der Waals surface area contributed by atoms with Crippen LogP contribution in [-0.2, 0) is 20.8 Å². The Morgan fingerprint density at radius 2 is 1.66 bits per heavy atom. The van der Waals surface area contributed by atoms with Crippen LogP contribution in [0.25, 0.3) is 10.8 Å². The van der Waals surface area contributed by atoms with Crippen molar-refractivity contribution in [3.63, 3.8) is 0 Å². The zero-order valence-electron chi connectivity index (χ0n) is 16.4. The summed E-state index contributed by atoms with van der Waals surface area (Å²) in [5.74, 6) is 2.80. The van der Waals surface area contributed by atoms with Gasteiger partial charge in [0, 0.05) is 16.9 Å². The topological polar surface area (TPSA) is 72.5 Å². The molecule has 2 aromatic carbocycles. The number of ether oxygens (including phenoxy) is 6. The summed E-state index contributed by atoms with van der Waals surface area (Å²) in [6.45, 7) is 0.386. The molecule has 1 aliphatic carbocycles. The van der Waals surface area contributed by atoms with Crippen LogP contribution < -0.4 is 14.2 Å². The fourth-order valence-electron chi connectivity index (χ4n) is 4.34. The van der Waals surface area contributed by atoms with Crippen LogP contribution in [0.2, 0.25) is 0 Å². The number of carbonyl (C=O) groups is 1. The molecule has 1 fully saturated rings. The molecule has 0 N–H and O–H groups in total. The van der Waals surface area contributed by atoms with E-state index in [2.05, 4.69) is 0 Å². The van der Waals surface area contributed by atoms with Crippen LogP contribution in [0, 0.1) is 0 Å². The van der Waals surface area contributed by atoms with Gasteiger partial charge < -0.3 is 28.4 Å². The van der Waals surface area contributed by atoms with Crippen LogP contribution in [0.3, 0.4) is 0 Å². The van der Waals surface area contributed by atoms with E-state index in [9.17, 15) is 4.79 Å². The normalized spacial score (nSPS) is 19.4.